The zero-order valence-electron chi connectivity index (χ0n) is 14.7. The van der Waals surface area contributed by atoms with Gasteiger partial charge in [0.15, 0.2) is 0 Å². The van der Waals surface area contributed by atoms with Gasteiger partial charge in [-0.3, -0.25) is 9.52 Å². The lowest BCUT2D eigenvalue weighted by Crippen LogP contribution is -2.24. The summed E-state index contributed by atoms with van der Waals surface area (Å²) in [5.41, 5.74) is 3.74. The molecule has 0 atom stereocenters. The molecule has 5 nitrogen and oxygen atoms in total. The first-order chi connectivity index (χ1) is 11.8. The maximum Gasteiger partial charge on any atom is 0.262 e. The average molecular weight is 358 g/mol. The van der Waals surface area contributed by atoms with Gasteiger partial charge < -0.3 is 4.90 Å². The van der Waals surface area contributed by atoms with Crippen LogP contribution in [-0.2, 0) is 14.8 Å². The zero-order chi connectivity index (χ0) is 18.2. The number of aryl methyl sites for hydroxylation is 3. The van der Waals surface area contributed by atoms with E-state index in [9.17, 15) is 13.2 Å². The predicted molar refractivity (Wildman–Crippen MR) is 99.5 cm³/mol. The van der Waals surface area contributed by atoms with Gasteiger partial charge in [0.1, 0.15) is 0 Å². The Morgan fingerprint density at radius 1 is 1.00 bits per heavy atom. The van der Waals surface area contributed by atoms with Gasteiger partial charge in [-0.05, 0) is 62.1 Å². The van der Waals surface area contributed by atoms with Gasteiger partial charge in [-0.15, -0.1) is 0 Å². The molecule has 1 aliphatic rings. The lowest BCUT2D eigenvalue weighted by molar-refractivity contribution is -0.117. The summed E-state index contributed by atoms with van der Waals surface area (Å²) in [6.07, 6.45) is 1.39. The maximum absolute atomic E-state index is 12.8. The molecule has 2 aromatic rings. The second-order valence-electron chi connectivity index (χ2n) is 6.47. The van der Waals surface area contributed by atoms with Gasteiger partial charge in [0, 0.05) is 18.7 Å². The molecule has 25 heavy (non-hydrogen) atoms. The molecule has 1 saturated heterocycles. The molecule has 0 radical (unpaired) electrons. The second kappa shape index (κ2) is 6.52. The molecule has 0 spiro atoms. The van der Waals surface area contributed by atoms with Crippen molar-refractivity contribution in [3.63, 3.8) is 0 Å². The van der Waals surface area contributed by atoms with E-state index in [1.54, 1.807) is 30.0 Å². The molecule has 6 heteroatoms. The number of rotatable bonds is 4. The van der Waals surface area contributed by atoms with Crippen LogP contribution >= 0.6 is 0 Å². The van der Waals surface area contributed by atoms with Crippen molar-refractivity contribution in [2.75, 3.05) is 16.2 Å². The standard InChI is InChI=1S/C19H22N2O3S/c1-13-6-4-7-14(2)19(13)20-25(23,24)17-10-9-16(12-15(17)3)21-11-5-8-18(21)22/h4,6-7,9-10,12,20H,5,8,11H2,1-3H3. The van der Waals surface area contributed by atoms with E-state index in [0.717, 1.165) is 23.2 Å². The Balaban J connectivity index is 1.94. The summed E-state index contributed by atoms with van der Waals surface area (Å²) in [5.74, 6) is 0.0867. The quantitative estimate of drug-likeness (QED) is 0.909. The van der Waals surface area contributed by atoms with E-state index in [2.05, 4.69) is 4.72 Å². The number of benzene rings is 2. The van der Waals surface area contributed by atoms with Crippen LogP contribution in [0, 0.1) is 20.8 Å². The molecule has 3 rings (SSSR count). The van der Waals surface area contributed by atoms with Gasteiger partial charge >= 0.3 is 0 Å². The topological polar surface area (TPSA) is 66.5 Å². The molecule has 1 aliphatic heterocycles. The molecule has 132 valence electrons. The summed E-state index contributed by atoms with van der Waals surface area (Å²) in [7, 11) is -3.70. The maximum atomic E-state index is 12.8. The number of carbonyl (C=O) groups is 1. The van der Waals surface area contributed by atoms with Gasteiger partial charge in [-0.25, -0.2) is 8.42 Å². The highest BCUT2D eigenvalue weighted by Gasteiger charge is 2.24. The summed E-state index contributed by atoms with van der Waals surface area (Å²) in [6, 6.07) is 10.7. The molecule has 0 aromatic heterocycles. The van der Waals surface area contributed by atoms with Crippen molar-refractivity contribution in [1.29, 1.82) is 0 Å². The summed E-state index contributed by atoms with van der Waals surface area (Å²) >= 11 is 0. The Hall–Kier alpha value is -2.34. The fourth-order valence-corrected chi connectivity index (χ4v) is 4.62. The minimum Gasteiger partial charge on any atom is -0.312 e. The Labute approximate surface area is 148 Å². The Morgan fingerprint density at radius 2 is 1.68 bits per heavy atom. The van der Waals surface area contributed by atoms with Crippen LogP contribution in [0.2, 0.25) is 0 Å². The molecule has 0 saturated carbocycles. The first-order valence-electron chi connectivity index (χ1n) is 8.29. The normalized spacial score (nSPS) is 14.8. The number of hydrogen-bond donors (Lipinski definition) is 1. The third kappa shape index (κ3) is 3.39. The molecule has 1 fully saturated rings. The van der Waals surface area contributed by atoms with Gasteiger partial charge in [0.05, 0.1) is 10.6 Å². The lowest BCUT2D eigenvalue weighted by Gasteiger charge is -2.18. The van der Waals surface area contributed by atoms with Crippen LogP contribution in [0.5, 0.6) is 0 Å². The Morgan fingerprint density at radius 3 is 2.24 bits per heavy atom. The number of nitrogens with zero attached hydrogens (tertiary/aromatic N) is 1. The molecule has 1 heterocycles. The molecule has 2 aromatic carbocycles. The van der Waals surface area contributed by atoms with Gasteiger partial charge in [-0.1, -0.05) is 18.2 Å². The minimum absolute atomic E-state index is 0.0867. The van der Waals surface area contributed by atoms with E-state index in [-0.39, 0.29) is 10.8 Å². The highest BCUT2D eigenvalue weighted by atomic mass is 32.2. The number of para-hydroxylation sites is 1. The molecule has 1 amide bonds. The summed E-state index contributed by atoms with van der Waals surface area (Å²) in [6.45, 7) is 6.19. The lowest BCUT2D eigenvalue weighted by atomic mass is 10.1. The van der Waals surface area contributed by atoms with Gasteiger partial charge in [-0.2, -0.15) is 0 Å². The number of amides is 1. The SMILES string of the molecule is Cc1cc(N2CCCC2=O)ccc1S(=O)(=O)Nc1c(C)cccc1C. The first kappa shape index (κ1) is 17.5. The van der Waals surface area contributed by atoms with Crippen molar-refractivity contribution in [3.05, 3.63) is 53.1 Å². The smallest absolute Gasteiger partial charge is 0.262 e. The van der Waals surface area contributed by atoms with E-state index in [1.165, 1.54) is 0 Å². The van der Waals surface area contributed by atoms with Crippen LogP contribution in [-0.4, -0.2) is 20.9 Å². The van der Waals surface area contributed by atoms with Crippen LogP contribution in [0.1, 0.15) is 29.5 Å². The van der Waals surface area contributed by atoms with Crippen molar-refractivity contribution in [1.82, 2.24) is 0 Å². The summed E-state index contributed by atoms with van der Waals surface area (Å²) < 4.78 is 28.4. The molecule has 0 bridgehead atoms. The minimum atomic E-state index is -3.70. The van der Waals surface area contributed by atoms with Crippen molar-refractivity contribution < 1.29 is 13.2 Å². The van der Waals surface area contributed by atoms with Crippen LogP contribution < -0.4 is 9.62 Å². The number of anilines is 2. The summed E-state index contributed by atoms with van der Waals surface area (Å²) in [4.78, 5) is 13.8. The highest BCUT2D eigenvalue weighted by molar-refractivity contribution is 7.92. The van der Waals surface area contributed by atoms with E-state index < -0.39 is 10.0 Å². The predicted octanol–water partition coefficient (Wildman–Crippen LogP) is 3.54. The molecule has 0 unspecified atom stereocenters. The summed E-state index contributed by atoms with van der Waals surface area (Å²) in [5, 5.41) is 0. The monoisotopic (exact) mass is 358 g/mol. The van der Waals surface area contributed by atoms with Crippen molar-refractivity contribution in [2.45, 2.75) is 38.5 Å². The Kier molecular flexibility index (Phi) is 4.56. The largest absolute Gasteiger partial charge is 0.312 e. The van der Waals surface area contributed by atoms with Crippen LogP contribution in [0.3, 0.4) is 0 Å². The van der Waals surface area contributed by atoms with Gasteiger partial charge in [0.25, 0.3) is 10.0 Å². The number of nitrogens with one attached hydrogen (secondary N) is 1. The molecule has 1 N–H and O–H groups in total. The Bertz CT molecular complexity index is 915. The van der Waals surface area contributed by atoms with E-state index >= 15 is 0 Å². The van der Waals surface area contributed by atoms with Crippen molar-refractivity contribution >= 4 is 27.3 Å². The number of hydrogen-bond acceptors (Lipinski definition) is 3. The molecular formula is C19H22N2O3S. The highest BCUT2D eigenvalue weighted by Crippen LogP contribution is 2.28. The second-order valence-corrected chi connectivity index (χ2v) is 8.12. The van der Waals surface area contributed by atoms with E-state index in [0.29, 0.717) is 24.2 Å². The first-order valence-corrected chi connectivity index (χ1v) is 9.78. The van der Waals surface area contributed by atoms with Crippen LogP contribution in [0.4, 0.5) is 11.4 Å². The van der Waals surface area contributed by atoms with Crippen molar-refractivity contribution in [3.8, 4) is 0 Å². The number of carbonyl (C=O) groups excluding carboxylic acids is 1. The molecular weight excluding hydrogens is 336 g/mol. The third-order valence-corrected chi connectivity index (χ3v) is 6.06. The fourth-order valence-electron chi connectivity index (χ4n) is 3.19. The van der Waals surface area contributed by atoms with Gasteiger partial charge in [0.2, 0.25) is 5.91 Å². The third-order valence-electron chi connectivity index (χ3n) is 4.55. The van der Waals surface area contributed by atoms with Crippen LogP contribution in [0.15, 0.2) is 41.3 Å². The zero-order valence-corrected chi connectivity index (χ0v) is 15.5. The van der Waals surface area contributed by atoms with E-state index in [1.807, 2.05) is 32.0 Å². The average Bonchev–Trinajstić information content (AvgIpc) is 2.97. The van der Waals surface area contributed by atoms with Crippen molar-refractivity contribution in [2.24, 2.45) is 0 Å². The van der Waals surface area contributed by atoms with E-state index in [4.69, 9.17) is 0 Å². The fraction of sp³-hybridized carbons (Fsp3) is 0.316. The number of sulfonamides is 1. The molecule has 0 aliphatic carbocycles. The van der Waals surface area contributed by atoms with Crippen LogP contribution in [0.25, 0.3) is 0 Å².